The van der Waals surface area contributed by atoms with Crippen LogP contribution in [0.4, 0.5) is 4.39 Å². The molecular weight excluding hydrogens is 427 g/mol. The Morgan fingerprint density at radius 2 is 1.68 bits per heavy atom. The number of Topliss-reactive ketones (excluding diaryl/α,β-unsaturated/α-hetero) is 1. The summed E-state index contributed by atoms with van der Waals surface area (Å²) in [7, 11) is 0. The molecular formula is C29H27FN2O2. The summed E-state index contributed by atoms with van der Waals surface area (Å²) >= 11 is 0. The number of fused-ring (bicyclic) bond motifs is 1. The van der Waals surface area contributed by atoms with Gasteiger partial charge in [0.1, 0.15) is 5.82 Å². The molecule has 4 aromatic rings. The topological polar surface area (TPSA) is 59.1 Å². The number of benzene rings is 3. The van der Waals surface area contributed by atoms with E-state index in [1.54, 1.807) is 19.2 Å². The number of unbranched alkanes of at least 4 members (excludes halogenated alkanes) is 1. The first kappa shape index (κ1) is 23.3. The standard InChI is InChI=1S/C29H27FN2O2/c1-3-4-14-31-29(34)23-12-10-22(17-27(23)30)21-11-13-28-25(16-21)24(26(18-32-28)19(2)33)15-20-8-6-5-7-9-20/h5-13,16-18H,3-4,14-15H2,1-2H3,(H,31,34). The molecule has 1 N–H and O–H groups in total. The maximum absolute atomic E-state index is 14.8. The fraction of sp³-hybridized carbons (Fsp3) is 0.207. The number of carbonyl (C=O) groups is 2. The molecule has 4 rings (SSSR count). The van der Waals surface area contributed by atoms with E-state index in [4.69, 9.17) is 0 Å². The fourth-order valence-corrected chi connectivity index (χ4v) is 4.07. The fourth-order valence-electron chi connectivity index (χ4n) is 4.07. The molecule has 5 heteroatoms. The molecule has 0 aliphatic heterocycles. The monoisotopic (exact) mass is 454 g/mol. The van der Waals surface area contributed by atoms with Gasteiger partial charge in [-0.05, 0) is 66.3 Å². The van der Waals surface area contributed by atoms with Gasteiger partial charge in [0.15, 0.2) is 5.78 Å². The van der Waals surface area contributed by atoms with Crippen LogP contribution in [0, 0.1) is 5.82 Å². The number of nitrogens with zero attached hydrogens (tertiary/aromatic N) is 1. The van der Waals surface area contributed by atoms with Crippen LogP contribution in [0.3, 0.4) is 0 Å². The highest BCUT2D eigenvalue weighted by Gasteiger charge is 2.16. The minimum atomic E-state index is -0.563. The van der Waals surface area contributed by atoms with Crippen LogP contribution in [0.5, 0.6) is 0 Å². The molecule has 0 spiro atoms. The molecule has 1 amide bonds. The van der Waals surface area contributed by atoms with Gasteiger partial charge in [0.05, 0.1) is 11.1 Å². The van der Waals surface area contributed by atoms with Crippen LogP contribution in [-0.2, 0) is 6.42 Å². The first-order valence-corrected chi connectivity index (χ1v) is 11.5. The molecule has 0 aliphatic rings. The van der Waals surface area contributed by atoms with Gasteiger partial charge in [-0.15, -0.1) is 0 Å². The highest BCUT2D eigenvalue weighted by Crippen LogP contribution is 2.30. The first-order chi connectivity index (χ1) is 16.5. The van der Waals surface area contributed by atoms with Gasteiger partial charge in [-0.25, -0.2) is 4.39 Å². The van der Waals surface area contributed by atoms with E-state index in [2.05, 4.69) is 10.3 Å². The molecule has 0 bridgehead atoms. The zero-order valence-corrected chi connectivity index (χ0v) is 19.4. The van der Waals surface area contributed by atoms with Crippen molar-refractivity contribution in [1.82, 2.24) is 10.3 Å². The average molecular weight is 455 g/mol. The second-order valence-corrected chi connectivity index (χ2v) is 8.40. The van der Waals surface area contributed by atoms with Gasteiger partial charge >= 0.3 is 0 Å². The van der Waals surface area contributed by atoms with Gasteiger partial charge in [-0.1, -0.05) is 55.8 Å². The van der Waals surface area contributed by atoms with Crippen molar-refractivity contribution in [2.45, 2.75) is 33.1 Å². The van der Waals surface area contributed by atoms with Crippen LogP contribution < -0.4 is 5.32 Å². The highest BCUT2D eigenvalue weighted by molar-refractivity contribution is 6.01. The van der Waals surface area contributed by atoms with E-state index >= 15 is 0 Å². The number of pyridine rings is 1. The molecule has 34 heavy (non-hydrogen) atoms. The predicted molar refractivity (Wildman–Crippen MR) is 134 cm³/mol. The third-order valence-corrected chi connectivity index (χ3v) is 5.95. The van der Waals surface area contributed by atoms with Gasteiger partial charge in [0.2, 0.25) is 0 Å². The Balaban J connectivity index is 1.74. The summed E-state index contributed by atoms with van der Waals surface area (Å²) in [6, 6.07) is 20.3. The summed E-state index contributed by atoms with van der Waals surface area (Å²) in [5.41, 5.74) is 4.83. The number of hydrogen-bond donors (Lipinski definition) is 1. The van der Waals surface area contributed by atoms with Crippen molar-refractivity contribution in [3.8, 4) is 11.1 Å². The van der Waals surface area contributed by atoms with Gasteiger partial charge < -0.3 is 5.32 Å². The molecule has 1 heterocycles. The van der Waals surface area contributed by atoms with Crippen molar-refractivity contribution in [3.05, 3.63) is 101 Å². The van der Waals surface area contributed by atoms with E-state index in [1.165, 1.54) is 12.1 Å². The predicted octanol–water partition coefficient (Wildman–Crippen LogP) is 6.36. The van der Waals surface area contributed by atoms with Gasteiger partial charge in [-0.2, -0.15) is 0 Å². The third kappa shape index (κ3) is 5.04. The number of carbonyl (C=O) groups excluding carboxylic acids is 2. The quantitative estimate of drug-likeness (QED) is 0.249. The van der Waals surface area contributed by atoms with Gasteiger partial charge in [-0.3, -0.25) is 14.6 Å². The minimum absolute atomic E-state index is 0.0333. The summed E-state index contributed by atoms with van der Waals surface area (Å²) in [5.74, 6) is -1.02. The van der Waals surface area contributed by atoms with Crippen molar-refractivity contribution in [2.75, 3.05) is 6.54 Å². The van der Waals surface area contributed by atoms with E-state index in [0.717, 1.165) is 40.4 Å². The SMILES string of the molecule is CCCCNC(=O)c1ccc(-c2ccc3ncc(C(C)=O)c(Cc4ccccc4)c3c2)cc1F. The van der Waals surface area contributed by atoms with Gasteiger partial charge in [0.25, 0.3) is 5.91 Å². The number of ketones is 1. The molecule has 0 saturated carbocycles. The van der Waals surface area contributed by atoms with E-state index in [9.17, 15) is 14.0 Å². The Hall–Kier alpha value is -3.86. The lowest BCUT2D eigenvalue weighted by atomic mass is 9.93. The maximum Gasteiger partial charge on any atom is 0.254 e. The molecule has 4 nitrogen and oxygen atoms in total. The molecule has 0 atom stereocenters. The lowest BCUT2D eigenvalue weighted by Crippen LogP contribution is -2.25. The van der Waals surface area contributed by atoms with Crippen LogP contribution in [0.1, 0.15) is 58.5 Å². The van der Waals surface area contributed by atoms with Crippen molar-refractivity contribution in [2.24, 2.45) is 0 Å². The van der Waals surface area contributed by atoms with E-state index in [-0.39, 0.29) is 11.3 Å². The summed E-state index contributed by atoms with van der Waals surface area (Å²) in [5, 5.41) is 3.61. The Kier molecular flexibility index (Phi) is 7.12. The van der Waals surface area contributed by atoms with E-state index < -0.39 is 11.7 Å². The zero-order chi connectivity index (χ0) is 24.1. The van der Waals surface area contributed by atoms with Crippen LogP contribution in [0.15, 0.2) is 72.9 Å². The number of rotatable bonds is 8. The molecule has 1 aromatic heterocycles. The van der Waals surface area contributed by atoms with Crippen molar-refractivity contribution in [1.29, 1.82) is 0 Å². The van der Waals surface area contributed by atoms with Crippen molar-refractivity contribution < 1.29 is 14.0 Å². The number of halogens is 1. The van der Waals surface area contributed by atoms with Crippen molar-refractivity contribution >= 4 is 22.6 Å². The molecule has 0 saturated heterocycles. The zero-order valence-electron chi connectivity index (χ0n) is 19.4. The Morgan fingerprint density at radius 1 is 0.941 bits per heavy atom. The average Bonchev–Trinajstić information content (AvgIpc) is 2.84. The van der Waals surface area contributed by atoms with E-state index in [0.29, 0.717) is 24.1 Å². The molecule has 0 aliphatic carbocycles. The minimum Gasteiger partial charge on any atom is -0.352 e. The lowest BCUT2D eigenvalue weighted by Gasteiger charge is -2.13. The molecule has 0 fully saturated rings. The molecule has 172 valence electrons. The largest absolute Gasteiger partial charge is 0.352 e. The lowest BCUT2D eigenvalue weighted by molar-refractivity contribution is 0.0948. The summed E-state index contributed by atoms with van der Waals surface area (Å²) in [6.45, 7) is 4.10. The Morgan fingerprint density at radius 3 is 2.38 bits per heavy atom. The van der Waals surface area contributed by atoms with Gasteiger partial charge in [0, 0.05) is 23.7 Å². The summed E-state index contributed by atoms with van der Waals surface area (Å²) in [4.78, 5) is 29.1. The molecule has 0 radical (unpaired) electrons. The number of aromatic nitrogens is 1. The second kappa shape index (κ2) is 10.4. The van der Waals surface area contributed by atoms with Crippen molar-refractivity contribution in [3.63, 3.8) is 0 Å². The Labute approximate surface area is 198 Å². The second-order valence-electron chi connectivity index (χ2n) is 8.40. The molecule has 0 unspecified atom stereocenters. The maximum atomic E-state index is 14.8. The molecule has 3 aromatic carbocycles. The first-order valence-electron chi connectivity index (χ1n) is 11.5. The van der Waals surface area contributed by atoms with Crippen LogP contribution >= 0.6 is 0 Å². The van der Waals surface area contributed by atoms with Crippen LogP contribution in [0.25, 0.3) is 22.0 Å². The van der Waals surface area contributed by atoms with Crippen LogP contribution in [-0.4, -0.2) is 23.2 Å². The number of nitrogens with one attached hydrogen (secondary N) is 1. The highest BCUT2D eigenvalue weighted by atomic mass is 19.1. The summed E-state index contributed by atoms with van der Waals surface area (Å²) in [6.07, 6.45) is 4.03. The number of hydrogen-bond acceptors (Lipinski definition) is 3. The third-order valence-electron chi connectivity index (χ3n) is 5.95. The normalized spacial score (nSPS) is 10.9. The van der Waals surface area contributed by atoms with Crippen LogP contribution in [0.2, 0.25) is 0 Å². The summed E-state index contributed by atoms with van der Waals surface area (Å²) < 4.78 is 14.8. The Bertz CT molecular complexity index is 1350. The smallest absolute Gasteiger partial charge is 0.254 e. The van der Waals surface area contributed by atoms with E-state index in [1.807, 2.05) is 55.5 Å². The number of amides is 1.